The second kappa shape index (κ2) is 8.96. The number of aromatic amines is 1. The Kier molecular flexibility index (Phi) is 6.92. The Morgan fingerprint density at radius 3 is 2.59 bits per heavy atom. The van der Waals surface area contributed by atoms with Crippen molar-refractivity contribution in [2.45, 2.75) is 31.8 Å². The maximum absolute atomic E-state index is 12.7. The molecule has 10 heteroatoms. The van der Waals surface area contributed by atoms with Gasteiger partial charge in [-0.2, -0.15) is 0 Å². The van der Waals surface area contributed by atoms with Gasteiger partial charge in [0.15, 0.2) is 0 Å². The highest BCUT2D eigenvalue weighted by molar-refractivity contribution is 5.76. The fourth-order valence-corrected chi connectivity index (χ4v) is 3.55. The summed E-state index contributed by atoms with van der Waals surface area (Å²) in [6.07, 6.45) is 3.26. The third-order valence-corrected chi connectivity index (χ3v) is 5.27. The van der Waals surface area contributed by atoms with Crippen LogP contribution in [0.15, 0.2) is 15.8 Å². The topological polar surface area (TPSA) is 125 Å². The monoisotopic (exact) mass is 382 g/mol. The van der Waals surface area contributed by atoms with Crippen LogP contribution in [0.1, 0.15) is 18.4 Å². The van der Waals surface area contributed by atoms with Gasteiger partial charge >= 0.3 is 5.69 Å². The lowest BCUT2D eigenvalue weighted by Gasteiger charge is -2.51. The molecule has 1 amide bonds. The summed E-state index contributed by atoms with van der Waals surface area (Å²) in [5, 5.41) is 6.89. The number of carbonyl (C=O) groups excluding carboxylic acids is 1. The van der Waals surface area contributed by atoms with Crippen LogP contribution in [0.3, 0.4) is 0 Å². The molecule has 3 rings (SSSR count). The number of hydrogen-bond acceptors (Lipinski definition) is 6. The summed E-state index contributed by atoms with van der Waals surface area (Å²) in [5.41, 5.74) is -0.571. The summed E-state index contributed by atoms with van der Waals surface area (Å²) >= 11 is 0. The van der Waals surface area contributed by atoms with E-state index in [2.05, 4.69) is 16.9 Å². The number of rotatable bonds is 2. The summed E-state index contributed by atoms with van der Waals surface area (Å²) in [7, 11) is 2.10. The summed E-state index contributed by atoms with van der Waals surface area (Å²) < 4.78 is 6.74. The quantitative estimate of drug-likeness (QED) is 0.620. The molecule has 2 N–H and O–H groups in total. The van der Waals surface area contributed by atoms with Crippen LogP contribution in [0.5, 0.6) is 0 Å². The molecule has 2 aliphatic heterocycles. The number of amides is 1. The molecule has 2 fully saturated rings. The number of aromatic nitrogens is 2. The zero-order valence-electron chi connectivity index (χ0n) is 15.6. The molecule has 1 spiro atoms. The first-order chi connectivity index (χ1) is 12.8. The molecule has 0 bridgehead atoms. The van der Waals surface area contributed by atoms with Gasteiger partial charge in [-0.15, -0.1) is 0 Å². The second-order valence-corrected chi connectivity index (χ2v) is 6.88. The zero-order valence-corrected chi connectivity index (χ0v) is 15.6. The molecule has 10 nitrogen and oxygen atoms in total. The lowest BCUT2D eigenvalue weighted by atomic mass is 9.86. The van der Waals surface area contributed by atoms with E-state index in [1.54, 1.807) is 6.92 Å². The van der Waals surface area contributed by atoms with Crippen molar-refractivity contribution >= 4 is 12.4 Å². The summed E-state index contributed by atoms with van der Waals surface area (Å²) in [5.74, 6) is -0.0949. The van der Waals surface area contributed by atoms with E-state index >= 15 is 0 Å². The number of piperazine rings is 1. The van der Waals surface area contributed by atoms with E-state index in [9.17, 15) is 14.4 Å². The van der Waals surface area contributed by atoms with Crippen molar-refractivity contribution in [3.8, 4) is 0 Å². The number of carboxylic acid groups (broad SMARTS) is 1. The van der Waals surface area contributed by atoms with Crippen molar-refractivity contribution in [1.82, 2.24) is 19.4 Å². The van der Waals surface area contributed by atoms with Crippen LogP contribution >= 0.6 is 0 Å². The Hall–Kier alpha value is -2.46. The minimum absolute atomic E-state index is 0.0297. The third-order valence-electron chi connectivity index (χ3n) is 5.27. The molecule has 27 heavy (non-hydrogen) atoms. The van der Waals surface area contributed by atoms with Crippen LogP contribution < -0.4 is 11.2 Å². The molecule has 2 aliphatic rings. The molecule has 0 atom stereocenters. The Labute approximate surface area is 156 Å². The molecule has 0 unspecified atom stereocenters. The van der Waals surface area contributed by atoms with Gasteiger partial charge in [0, 0.05) is 50.1 Å². The van der Waals surface area contributed by atoms with Gasteiger partial charge in [0.05, 0.1) is 0 Å². The summed E-state index contributed by atoms with van der Waals surface area (Å²) in [6.45, 7) is 4.86. The first kappa shape index (κ1) is 20.8. The average molecular weight is 382 g/mol. The standard InChI is InChI=1S/C16H24N4O4.CH2O2/c1-12-9-20(15(23)17-14(12)22)10-13(21)19-6-5-18(2)16(11-19)3-7-24-8-4-16;2-1-3/h9H,3-8,10-11H2,1-2H3,(H,17,22,23);1H,(H,2,3). The van der Waals surface area contributed by atoms with Crippen LogP contribution in [-0.2, 0) is 20.9 Å². The summed E-state index contributed by atoms with van der Waals surface area (Å²) in [4.78, 5) is 50.7. The Balaban J connectivity index is 0.000000817. The predicted octanol–water partition coefficient (Wildman–Crippen LogP) is -1.13. The minimum atomic E-state index is -0.547. The van der Waals surface area contributed by atoms with Gasteiger partial charge in [0.25, 0.3) is 12.0 Å². The van der Waals surface area contributed by atoms with E-state index in [0.717, 1.165) is 19.4 Å². The van der Waals surface area contributed by atoms with Crippen LogP contribution in [-0.4, -0.2) is 82.3 Å². The van der Waals surface area contributed by atoms with E-state index in [0.29, 0.717) is 31.9 Å². The normalized spacial score (nSPS) is 19.3. The van der Waals surface area contributed by atoms with E-state index in [4.69, 9.17) is 14.6 Å². The molecule has 0 aromatic carbocycles. The van der Waals surface area contributed by atoms with Gasteiger partial charge in [-0.05, 0) is 26.8 Å². The van der Waals surface area contributed by atoms with E-state index < -0.39 is 11.2 Å². The minimum Gasteiger partial charge on any atom is -0.483 e. The molecule has 0 aliphatic carbocycles. The molecule has 2 saturated heterocycles. The number of carbonyl (C=O) groups is 2. The maximum Gasteiger partial charge on any atom is 0.328 e. The molecule has 0 radical (unpaired) electrons. The van der Waals surface area contributed by atoms with E-state index in [1.165, 1.54) is 10.8 Å². The lowest BCUT2D eigenvalue weighted by molar-refractivity contribution is -0.140. The van der Waals surface area contributed by atoms with Crippen LogP contribution in [0.25, 0.3) is 0 Å². The van der Waals surface area contributed by atoms with Crippen LogP contribution in [0.4, 0.5) is 0 Å². The van der Waals surface area contributed by atoms with Gasteiger partial charge in [-0.25, -0.2) is 4.79 Å². The first-order valence-corrected chi connectivity index (χ1v) is 8.78. The second-order valence-electron chi connectivity index (χ2n) is 6.88. The van der Waals surface area contributed by atoms with Crippen molar-refractivity contribution < 1.29 is 19.4 Å². The largest absolute Gasteiger partial charge is 0.483 e. The van der Waals surface area contributed by atoms with Crippen LogP contribution in [0.2, 0.25) is 0 Å². The number of ether oxygens (including phenoxy) is 1. The lowest BCUT2D eigenvalue weighted by Crippen LogP contribution is -2.64. The first-order valence-electron chi connectivity index (χ1n) is 8.78. The average Bonchev–Trinajstić information content (AvgIpc) is 2.63. The van der Waals surface area contributed by atoms with Gasteiger partial charge in [-0.1, -0.05) is 0 Å². The number of likely N-dealkylation sites (N-methyl/N-ethyl adjacent to an activating group) is 1. The molecule has 3 heterocycles. The van der Waals surface area contributed by atoms with Gasteiger partial charge in [0.1, 0.15) is 6.54 Å². The number of H-pyrrole nitrogens is 1. The van der Waals surface area contributed by atoms with Crippen molar-refractivity contribution in [2.75, 3.05) is 39.9 Å². The third kappa shape index (κ3) is 4.83. The van der Waals surface area contributed by atoms with Gasteiger partial charge in [-0.3, -0.25) is 28.8 Å². The smallest absolute Gasteiger partial charge is 0.328 e. The Bertz CT molecular complexity index is 780. The fraction of sp³-hybridized carbons (Fsp3) is 0.647. The van der Waals surface area contributed by atoms with Gasteiger partial charge < -0.3 is 14.7 Å². The fourth-order valence-electron chi connectivity index (χ4n) is 3.55. The number of hydrogen-bond donors (Lipinski definition) is 2. The molecular weight excluding hydrogens is 356 g/mol. The highest BCUT2D eigenvalue weighted by atomic mass is 16.5. The maximum atomic E-state index is 12.7. The Morgan fingerprint density at radius 1 is 1.33 bits per heavy atom. The summed E-state index contributed by atoms with van der Waals surface area (Å²) in [6, 6.07) is 0. The van der Waals surface area contributed by atoms with Crippen molar-refractivity contribution in [2.24, 2.45) is 0 Å². The molecule has 1 aromatic rings. The Morgan fingerprint density at radius 2 is 1.96 bits per heavy atom. The number of aryl methyl sites for hydroxylation is 1. The van der Waals surface area contributed by atoms with Gasteiger partial charge in [0.2, 0.25) is 5.91 Å². The molecule has 0 saturated carbocycles. The van der Waals surface area contributed by atoms with Crippen molar-refractivity contribution in [3.63, 3.8) is 0 Å². The predicted molar refractivity (Wildman–Crippen MR) is 96.7 cm³/mol. The van der Waals surface area contributed by atoms with Crippen molar-refractivity contribution in [1.29, 1.82) is 0 Å². The number of nitrogens with zero attached hydrogens (tertiary/aromatic N) is 3. The van der Waals surface area contributed by atoms with E-state index in [-0.39, 0.29) is 24.5 Å². The zero-order chi connectivity index (χ0) is 20.0. The van der Waals surface area contributed by atoms with E-state index in [1.807, 2.05) is 4.90 Å². The van der Waals surface area contributed by atoms with Crippen LogP contribution in [0, 0.1) is 6.92 Å². The molecule has 150 valence electrons. The van der Waals surface area contributed by atoms with Crippen molar-refractivity contribution in [3.05, 3.63) is 32.6 Å². The number of nitrogens with one attached hydrogen (secondary N) is 1. The molecule has 1 aromatic heterocycles. The SMILES string of the molecule is Cc1cn(CC(=O)N2CCN(C)C3(CCOCC3)C2)c(=O)[nH]c1=O.O=CO. The highest BCUT2D eigenvalue weighted by Crippen LogP contribution is 2.30. The molecular formula is C17H26N4O6. The highest BCUT2D eigenvalue weighted by Gasteiger charge is 2.42.